The first-order valence-corrected chi connectivity index (χ1v) is 8.18. The van der Waals surface area contributed by atoms with Gasteiger partial charge in [-0.1, -0.05) is 6.07 Å². The van der Waals surface area contributed by atoms with E-state index in [4.69, 9.17) is 9.47 Å². The number of likely N-dealkylation sites (N-methyl/N-ethyl adjacent to an activating group) is 1. The van der Waals surface area contributed by atoms with E-state index in [1.54, 1.807) is 19.2 Å². The molecule has 0 radical (unpaired) electrons. The number of hydrogen-bond donors (Lipinski definition) is 2. The first kappa shape index (κ1) is 17.0. The van der Waals surface area contributed by atoms with Crippen molar-refractivity contribution in [2.45, 2.75) is 6.42 Å². The molecule has 0 saturated carbocycles. The molecule has 0 bridgehead atoms. The van der Waals surface area contributed by atoms with Crippen LogP contribution in [0.3, 0.4) is 0 Å². The number of hydrogen-bond acceptors (Lipinski definition) is 4. The fourth-order valence-corrected chi connectivity index (χ4v) is 2.66. The Morgan fingerprint density at radius 1 is 1.24 bits per heavy atom. The van der Waals surface area contributed by atoms with Crippen molar-refractivity contribution >= 4 is 16.9 Å². The van der Waals surface area contributed by atoms with E-state index in [0.29, 0.717) is 11.5 Å². The standard InChI is InChI=1S/C19H21N3O3/c1-22(2)10-9-13-11-20-15-5-4-6-17(18(13)15)25-19(23)16-8-7-14(24-3)12-21-16/h4-8,11-12,20H,9-10H2,1-3H3/p+1. The predicted octanol–water partition coefficient (Wildman–Crippen LogP) is 1.48. The van der Waals surface area contributed by atoms with Gasteiger partial charge in [0.1, 0.15) is 17.2 Å². The van der Waals surface area contributed by atoms with Crippen LogP contribution in [0.1, 0.15) is 16.1 Å². The van der Waals surface area contributed by atoms with Crippen molar-refractivity contribution in [3.63, 3.8) is 0 Å². The van der Waals surface area contributed by atoms with Crippen LogP contribution in [0.5, 0.6) is 11.5 Å². The van der Waals surface area contributed by atoms with Crippen molar-refractivity contribution in [3.8, 4) is 11.5 Å². The Bertz CT molecular complexity index is 869. The number of carbonyl (C=O) groups is 1. The number of benzene rings is 1. The van der Waals surface area contributed by atoms with Gasteiger partial charge in [0, 0.05) is 23.5 Å². The number of fused-ring (bicyclic) bond motifs is 1. The second-order valence-electron chi connectivity index (χ2n) is 6.17. The quantitative estimate of drug-likeness (QED) is 0.527. The van der Waals surface area contributed by atoms with Crippen molar-refractivity contribution in [1.29, 1.82) is 0 Å². The molecule has 25 heavy (non-hydrogen) atoms. The van der Waals surface area contributed by atoms with Crippen LogP contribution in [0, 0.1) is 0 Å². The fourth-order valence-electron chi connectivity index (χ4n) is 2.66. The maximum atomic E-state index is 12.4. The monoisotopic (exact) mass is 340 g/mol. The zero-order chi connectivity index (χ0) is 17.8. The van der Waals surface area contributed by atoms with Gasteiger partial charge in [-0.2, -0.15) is 0 Å². The van der Waals surface area contributed by atoms with E-state index < -0.39 is 5.97 Å². The lowest BCUT2D eigenvalue weighted by Gasteiger charge is -2.09. The van der Waals surface area contributed by atoms with Gasteiger partial charge in [-0.05, 0) is 29.8 Å². The lowest BCUT2D eigenvalue weighted by Crippen LogP contribution is -3.05. The summed E-state index contributed by atoms with van der Waals surface area (Å²) in [4.78, 5) is 21.1. The number of rotatable bonds is 6. The van der Waals surface area contributed by atoms with Gasteiger partial charge in [-0.25, -0.2) is 9.78 Å². The SMILES string of the molecule is COc1ccc(C(=O)Oc2cccc3[nH]cc(CC[NH+](C)C)c23)nc1. The molecule has 0 unspecified atom stereocenters. The molecule has 6 nitrogen and oxygen atoms in total. The zero-order valence-corrected chi connectivity index (χ0v) is 14.6. The summed E-state index contributed by atoms with van der Waals surface area (Å²) >= 11 is 0. The number of nitrogens with zero attached hydrogens (tertiary/aromatic N) is 1. The molecule has 2 aromatic heterocycles. The fraction of sp³-hybridized carbons (Fsp3) is 0.263. The minimum absolute atomic E-state index is 0.243. The van der Waals surface area contributed by atoms with Gasteiger partial charge in [0.05, 0.1) is 33.9 Å². The summed E-state index contributed by atoms with van der Waals surface area (Å²) in [6.07, 6.45) is 4.38. The van der Waals surface area contributed by atoms with E-state index in [0.717, 1.165) is 29.4 Å². The van der Waals surface area contributed by atoms with Crippen LogP contribution in [0.2, 0.25) is 0 Å². The summed E-state index contributed by atoms with van der Waals surface area (Å²) in [5.74, 6) is 0.656. The average molecular weight is 340 g/mol. The van der Waals surface area contributed by atoms with E-state index in [9.17, 15) is 4.79 Å². The first-order valence-electron chi connectivity index (χ1n) is 8.18. The second kappa shape index (κ2) is 7.36. The van der Waals surface area contributed by atoms with Gasteiger partial charge >= 0.3 is 5.97 Å². The topological polar surface area (TPSA) is 68.7 Å². The molecule has 3 rings (SSSR count). The van der Waals surface area contributed by atoms with E-state index in [2.05, 4.69) is 24.1 Å². The van der Waals surface area contributed by atoms with Crippen LogP contribution >= 0.6 is 0 Å². The van der Waals surface area contributed by atoms with Gasteiger partial charge in [-0.3, -0.25) is 0 Å². The van der Waals surface area contributed by atoms with Gasteiger partial charge in [0.2, 0.25) is 0 Å². The lowest BCUT2D eigenvalue weighted by atomic mass is 10.1. The number of methoxy groups -OCH3 is 1. The summed E-state index contributed by atoms with van der Waals surface area (Å²) in [5, 5.41) is 0.950. The molecule has 0 aliphatic carbocycles. The average Bonchev–Trinajstić information content (AvgIpc) is 3.04. The second-order valence-corrected chi connectivity index (χ2v) is 6.17. The lowest BCUT2D eigenvalue weighted by molar-refractivity contribution is -0.858. The van der Waals surface area contributed by atoms with Crippen LogP contribution in [-0.2, 0) is 6.42 Å². The third-order valence-corrected chi connectivity index (χ3v) is 4.03. The van der Waals surface area contributed by atoms with Crippen LogP contribution in [-0.4, -0.2) is 43.7 Å². The summed E-state index contributed by atoms with van der Waals surface area (Å²) in [6.45, 7) is 0.995. The maximum Gasteiger partial charge on any atom is 0.362 e. The van der Waals surface area contributed by atoms with E-state index in [1.807, 2.05) is 24.4 Å². The molecule has 3 aromatic rings. The van der Waals surface area contributed by atoms with Gasteiger partial charge in [0.25, 0.3) is 0 Å². The Kier molecular flexibility index (Phi) is 5.00. The highest BCUT2D eigenvalue weighted by Crippen LogP contribution is 2.29. The molecular weight excluding hydrogens is 318 g/mol. The molecule has 0 aliphatic rings. The summed E-state index contributed by atoms with van der Waals surface area (Å²) in [6, 6.07) is 8.93. The first-order chi connectivity index (χ1) is 12.1. The largest absolute Gasteiger partial charge is 0.495 e. The van der Waals surface area contributed by atoms with Gasteiger partial charge < -0.3 is 19.4 Å². The molecule has 1 aromatic carbocycles. The van der Waals surface area contributed by atoms with Crippen molar-refractivity contribution in [2.75, 3.05) is 27.7 Å². The Balaban J connectivity index is 1.86. The molecule has 0 fully saturated rings. The number of pyridine rings is 1. The zero-order valence-electron chi connectivity index (χ0n) is 14.6. The number of esters is 1. The molecule has 0 spiro atoms. The summed E-state index contributed by atoms with van der Waals surface area (Å²) in [7, 11) is 5.79. The molecule has 0 amide bonds. The Morgan fingerprint density at radius 2 is 2.08 bits per heavy atom. The normalized spacial score (nSPS) is 11.0. The molecule has 0 aliphatic heterocycles. The number of quaternary nitrogens is 1. The predicted molar refractivity (Wildman–Crippen MR) is 95.4 cm³/mol. The van der Waals surface area contributed by atoms with Gasteiger partial charge in [-0.15, -0.1) is 0 Å². The highest BCUT2D eigenvalue weighted by molar-refractivity contribution is 5.95. The maximum absolute atomic E-state index is 12.4. The third kappa shape index (κ3) is 3.80. The smallest absolute Gasteiger partial charge is 0.362 e. The summed E-state index contributed by atoms with van der Waals surface area (Å²) < 4.78 is 10.7. The Morgan fingerprint density at radius 3 is 2.76 bits per heavy atom. The van der Waals surface area contributed by atoms with Crippen molar-refractivity contribution in [2.24, 2.45) is 0 Å². The minimum atomic E-state index is -0.486. The van der Waals surface area contributed by atoms with Crippen molar-refractivity contribution < 1.29 is 19.2 Å². The molecule has 2 N–H and O–H groups in total. The number of aromatic nitrogens is 2. The number of aromatic amines is 1. The Labute approximate surface area is 146 Å². The highest BCUT2D eigenvalue weighted by Gasteiger charge is 2.16. The van der Waals surface area contributed by atoms with E-state index >= 15 is 0 Å². The summed E-state index contributed by atoms with van der Waals surface area (Å²) in [5.41, 5.74) is 2.34. The van der Waals surface area contributed by atoms with Crippen molar-refractivity contribution in [1.82, 2.24) is 9.97 Å². The molecule has 6 heteroatoms. The molecule has 0 atom stereocenters. The number of carbonyl (C=O) groups excluding carboxylic acids is 1. The highest BCUT2D eigenvalue weighted by atomic mass is 16.5. The molecule has 130 valence electrons. The van der Waals surface area contributed by atoms with Crippen LogP contribution in [0.25, 0.3) is 10.9 Å². The number of ether oxygens (including phenoxy) is 2. The third-order valence-electron chi connectivity index (χ3n) is 4.03. The van der Waals surface area contributed by atoms with E-state index in [1.165, 1.54) is 11.1 Å². The van der Waals surface area contributed by atoms with Crippen molar-refractivity contribution in [3.05, 3.63) is 54.0 Å². The molecular formula is C19H22N3O3+. The van der Waals surface area contributed by atoms with Gasteiger partial charge in [0.15, 0.2) is 0 Å². The van der Waals surface area contributed by atoms with Crippen LogP contribution in [0.15, 0.2) is 42.7 Å². The van der Waals surface area contributed by atoms with Crippen LogP contribution < -0.4 is 14.4 Å². The minimum Gasteiger partial charge on any atom is -0.495 e. The van der Waals surface area contributed by atoms with Crippen LogP contribution in [0.4, 0.5) is 0 Å². The number of nitrogens with one attached hydrogen (secondary N) is 2. The molecule has 2 heterocycles. The Hall–Kier alpha value is -2.86. The molecule has 0 saturated heterocycles. The van der Waals surface area contributed by atoms with E-state index in [-0.39, 0.29) is 5.69 Å². The number of H-pyrrole nitrogens is 1.